The maximum Gasteiger partial charge on any atom is 0.0418 e. The predicted molar refractivity (Wildman–Crippen MR) is 395 cm³/mol. The fourth-order valence-electron chi connectivity index (χ4n) is 11.6. The highest BCUT2D eigenvalue weighted by molar-refractivity contribution is 5.78. The molecule has 0 aliphatic carbocycles. The van der Waals surface area contributed by atoms with Crippen LogP contribution in [0.15, 0.2) is 291 Å². The number of hydrogen-bond acceptors (Lipinski definition) is 10. The van der Waals surface area contributed by atoms with E-state index in [1.54, 1.807) is 0 Å². The lowest BCUT2D eigenvalue weighted by atomic mass is 10.00. The predicted octanol–water partition coefficient (Wildman–Crippen LogP) is 23.3. The van der Waals surface area contributed by atoms with Crippen LogP contribution in [-0.2, 0) is 6.42 Å². The van der Waals surface area contributed by atoms with Crippen LogP contribution in [0.4, 0.5) is 114 Å². The van der Waals surface area contributed by atoms with E-state index in [0.29, 0.717) is 0 Å². The van der Waals surface area contributed by atoms with Crippen molar-refractivity contribution < 1.29 is 0 Å². The molecule has 0 fully saturated rings. The molecule has 92 heavy (non-hydrogen) atoms. The Labute approximate surface area is 543 Å². The van der Waals surface area contributed by atoms with Crippen molar-refractivity contribution in [2.45, 2.75) is 66.5 Å². The summed E-state index contributed by atoms with van der Waals surface area (Å²) in [6, 6.07) is 103. The Kier molecular flexibility index (Phi) is 19.1. The summed E-state index contributed by atoms with van der Waals surface area (Å²) in [4.78, 5) is 4.93. The molecule has 12 aromatic rings. The molecule has 1 atom stereocenters. The molecule has 12 rings (SSSR count). The van der Waals surface area contributed by atoms with Crippen molar-refractivity contribution in [3.8, 4) is 0 Å². The summed E-state index contributed by atoms with van der Waals surface area (Å²) in [6.07, 6.45) is 1.66. The van der Waals surface area contributed by atoms with Crippen LogP contribution in [0, 0.1) is 20.8 Å². The van der Waals surface area contributed by atoms with Crippen molar-refractivity contribution in [1.29, 1.82) is 0 Å². The molecule has 12 aromatic carbocycles. The van der Waals surface area contributed by atoms with Gasteiger partial charge in [0.2, 0.25) is 0 Å². The molecule has 0 saturated carbocycles. The van der Waals surface area contributed by atoms with Crippen LogP contribution in [0.3, 0.4) is 0 Å². The number of nitrogens with zero attached hydrogens (tertiary/aromatic N) is 2. The molecule has 0 heterocycles. The van der Waals surface area contributed by atoms with Crippen LogP contribution in [0.5, 0.6) is 0 Å². The fourth-order valence-corrected chi connectivity index (χ4v) is 11.6. The standard InChI is InChI=1S/C82H80N10/c1-57(2)91(77-51-53-81(60(5)55-77)89-73-37-35-71(36-38-73)87-79-23-15-13-17-58(79)3)78-52-54-82(90-74-41-39-72(40-42-74)88-80-24-16-14-18-59(80)4)62(56-78)26-25-61(6)92(75-47-43-69(44-48-75)85-67-31-27-65(28-32-67)83-63-19-9-7-10-20-63)76-49-45-70(46-50-76)86-68-33-29-66(30-34-68)84-64-21-11-8-12-22-64/h7-24,27-57,61,83-90H,25-26H2,1-6H3. The van der Waals surface area contributed by atoms with Crippen LogP contribution in [0.25, 0.3) is 0 Å². The first-order valence-corrected chi connectivity index (χ1v) is 31.8. The van der Waals surface area contributed by atoms with Gasteiger partial charge >= 0.3 is 0 Å². The molecule has 10 nitrogen and oxygen atoms in total. The van der Waals surface area contributed by atoms with Gasteiger partial charge in [-0.15, -0.1) is 0 Å². The van der Waals surface area contributed by atoms with E-state index in [4.69, 9.17) is 0 Å². The van der Waals surface area contributed by atoms with E-state index < -0.39 is 0 Å². The molecule has 458 valence electrons. The van der Waals surface area contributed by atoms with Gasteiger partial charge in [0.15, 0.2) is 0 Å². The maximum atomic E-state index is 3.87. The summed E-state index contributed by atoms with van der Waals surface area (Å²) in [5, 5.41) is 29.0. The number of anilines is 20. The third-order valence-electron chi connectivity index (χ3n) is 16.6. The first-order valence-electron chi connectivity index (χ1n) is 31.8. The molecule has 10 heteroatoms. The Morgan fingerprint density at radius 3 is 0.891 bits per heavy atom. The van der Waals surface area contributed by atoms with E-state index >= 15 is 0 Å². The molecular formula is C82H80N10. The highest BCUT2D eigenvalue weighted by Gasteiger charge is 2.21. The molecule has 0 aromatic heterocycles. The number of aryl methyl sites for hydroxylation is 4. The molecule has 0 bridgehead atoms. The van der Waals surface area contributed by atoms with Crippen molar-refractivity contribution in [3.05, 3.63) is 313 Å². The van der Waals surface area contributed by atoms with Gasteiger partial charge in [-0.3, -0.25) is 0 Å². The van der Waals surface area contributed by atoms with Gasteiger partial charge in [0, 0.05) is 126 Å². The number of benzene rings is 12. The Hall–Kier alpha value is -11.4. The van der Waals surface area contributed by atoms with Crippen molar-refractivity contribution in [1.82, 2.24) is 0 Å². The highest BCUT2D eigenvalue weighted by atomic mass is 15.2. The number of para-hydroxylation sites is 4. The molecule has 1 unspecified atom stereocenters. The van der Waals surface area contributed by atoms with E-state index in [2.05, 4.69) is 349 Å². The second kappa shape index (κ2) is 28.9. The van der Waals surface area contributed by atoms with E-state index in [1.807, 2.05) is 36.4 Å². The molecule has 0 aliphatic heterocycles. The second-order valence-corrected chi connectivity index (χ2v) is 23.8. The van der Waals surface area contributed by atoms with Gasteiger partial charge in [-0.2, -0.15) is 0 Å². The maximum absolute atomic E-state index is 3.87. The second-order valence-electron chi connectivity index (χ2n) is 23.8. The zero-order valence-electron chi connectivity index (χ0n) is 53.2. The van der Waals surface area contributed by atoms with Crippen molar-refractivity contribution in [2.24, 2.45) is 0 Å². The molecule has 0 amide bonds. The molecule has 0 spiro atoms. The third kappa shape index (κ3) is 15.7. The molecular weight excluding hydrogens is 1120 g/mol. The minimum atomic E-state index is 0.0784. The SMILES string of the molecule is Cc1ccccc1Nc1ccc(Nc2ccc(N(c3ccc(Nc4ccc(Nc5ccccc5C)cc4)c(CCC(C)N(c4ccc(Nc5ccc(Nc6ccccc6)cc5)cc4)c4ccc(Nc5ccc(Nc6ccccc6)cc5)cc4)c3)C(C)C)cc2C)cc1. The van der Waals surface area contributed by atoms with Crippen molar-refractivity contribution >= 4 is 114 Å². The van der Waals surface area contributed by atoms with Crippen LogP contribution < -0.4 is 52.3 Å². The van der Waals surface area contributed by atoms with Gasteiger partial charge in [-0.05, 0) is 295 Å². The van der Waals surface area contributed by atoms with E-state index in [-0.39, 0.29) is 12.1 Å². The average Bonchev–Trinajstić information content (AvgIpc) is 0.970. The normalized spacial score (nSPS) is 11.3. The fraction of sp³-hybridized carbons (Fsp3) is 0.122. The Bertz CT molecular complexity index is 4200. The lowest BCUT2D eigenvalue weighted by Crippen LogP contribution is -2.29. The third-order valence-corrected chi connectivity index (χ3v) is 16.6. The van der Waals surface area contributed by atoms with Crippen LogP contribution in [0.1, 0.15) is 49.4 Å². The monoisotopic (exact) mass is 1200 g/mol. The van der Waals surface area contributed by atoms with Gasteiger partial charge in [0.25, 0.3) is 0 Å². The van der Waals surface area contributed by atoms with E-state index in [1.165, 1.54) is 16.7 Å². The van der Waals surface area contributed by atoms with Crippen LogP contribution in [0.2, 0.25) is 0 Å². The van der Waals surface area contributed by atoms with Crippen LogP contribution in [-0.4, -0.2) is 12.1 Å². The lowest BCUT2D eigenvalue weighted by molar-refractivity contribution is 0.646. The molecule has 0 saturated heterocycles. The zero-order chi connectivity index (χ0) is 63.2. The quantitative estimate of drug-likeness (QED) is 0.0282. The summed E-state index contributed by atoms with van der Waals surface area (Å²) in [5.74, 6) is 0. The number of nitrogens with one attached hydrogen (secondary N) is 8. The summed E-state index contributed by atoms with van der Waals surface area (Å²) in [7, 11) is 0. The molecule has 0 radical (unpaired) electrons. The summed E-state index contributed by atoms with van der Waals surface area (Å²) < 4.78 is 0. The summed E-state index contributed by atoms with van der Waals surface area (Å²) >= 11 is 0. The van der Waals surface area contributed by atoms with Crippen LogP contribution >= 0.6 is 0 Å². The summed E-state index contributed by atoms with van der Waals surface area (Å²) in [5.41, 5.74) is 26.0. The molecule has 8 N–H and O–H groups in total. The minimum absolute atomic E-state index is 0.0784. The van der Waals surface area contributed by atoms with Crippen molar-refractivity contribution in [3.63, 3.8) is 0 Å². The Morgan fingerprint density at radius 2 is 0.533 bits per heavy atom. The van der Waals surface area contributed by atoms with E-state index in [9.17, 15) is 0 Å². The average molecular weight is 1210 g/mol. The topological polar surface area (TPSA) is 103 Å². The minimum Gasteiger partial charge on any atom is -0.356 e. The van der Waals surface area contributed by atoms with E-state index in [0.717, 1.165) is 132 Å². The Balaban J connectivity index is 0.813. The van der Waals surface area contributed by atoms with Gasteiger partial charge < -0.3 is 52.3 Å². The first-order chi connectivity index (χ1) is 45.0. The smallest absolute Gasteiger partial charge is 0.0418 e. The van der Waals surface area contributed by atoms with Gasteiger partial charge in [-0.25, -0.2) is 0 Å². The van der Waals surface area contributed by atoms with Gasteiger partial charge in [0.05, 0.1) is 0 Å². The number of rotatable bonds is 25. The zero-order valence-corrected chi connectivity index (χ0v) is 53.2. The van der Waals surface area contributed by atoms with Crippen molar-refractivity contribution in [2.75, 3.05) is 52.3 Å². The lowest BCUT2D eigenvalue weighted by Gasteiger charge is -2.33. The van der Waals surface area contributed by atoms with Gasteiger partial charge in [-0.1, -0.05) is 72.8 Å². The van der Waals surface area contributed by atoms with Gasteiger partial charge in [0.1, 0.15) is 0 Å². The first kappa shape index (κ1) is 60.9. The molecule has 0 aliphatic rings. The largest absolute Gasteiger partial charge is 0.356 e. The highest BCUT2D eigenvalue weighted by Crippen LogP contribution is 2.39. The summed E-state index contributed by atoms with van der Waals surface area (Å²) in [6.45, 7) is 13.3. The number of hydrogen-bond donors (Lipinski definition) is 8. The Morgan fingerprint density at radius 1 is 0.250 bits per heavy atom.